The third kappa shape index (κ3) is 4.16. The van der Waals surface area contributed by atoms with Crippen molar-refractivity contribution in [3.8, 4) is 0 Å². The van der Waals surface area contributed by atoms with Gasteiger partial charge >= 0.3 is 0 Å². The van der Waals surface area contributed by atoms with Gasteiger partial charge < -0.3 is 5.32 Å². The summed E-state index contributed by atoms with van der Waals surface area (Å²) in [6.07, 6.45) is 7.34. The normalized spacial score (nSPS) is 25.7. The van der Waals surface area contributed by atoms with Crippen LogP contribution in [0.1, 0.15) is 51.0 Å². The number of benzene rings is 1. The summed E-state index contributed by atoms with van der Waals surface area (Å²) in [6.45, 7) is 5.18. The van der Waals surface area contributed by atoms with E-state index in [0.717, 1.165) is 24.3 Å². The molecule has 1 aliphatic carbocycles. The smallest absolute Gasteiger partial charge is 0.0576 e. The maximum absolute atomic E-state index is 12.9. The van der Waals surface area contributed by atoms with E-state index in [1.165, 1.54) is 31.2 Å². The zero-order valence-electron chi connectivity index (χ0n) is 12.7. The molecule has 2 rings (SSSR count). The van der Waals surface area contributed by atoms with Crippen molar-refractivity contribution in [3.63, 3.8) is 0 Å². The summed E-state index contributed by atoms with van der Waals surface area (Å²) in [6, 6.07) is 8.61. The highest BCUT2D eigenvalue weighted by Crippen LogP contribution is 2.25. The molecular weight excluding hydrogens is 266 g/mol. The second kappa shape index (κ2) is 7.94. The average molecular weight is 293 g/mol. The first kappa shape index (κ1) is 15.7. The molecule has 0 spiro atoms. The standard InChI is InChI=1S/C17H27NOS/c1-3-18-16-8-6-4-5-7-9-17(16)20(19)15-12-10-14(2)11-13-15/h10-13,16-18H,3-9H2,1-2H3. The molecule has 3 unspecified atom stereocenters. The lowest BCUT2D eigenvalue weighted by Gasteiger charge is -2.29. The molecule has 0 radical (unpaired) electrons. The van der Waals surface area contributed by atoms with E-state index in [2.05, 4.69) is 31.3 Å². The number of nitrogens with one attached hydrogen (secondary N) is 1. The molecule has 0 bridgehead atoms. The van der Waals surface area contributed by atoms with Crippen LogP contribution in [0.25, 0.3) is 0 Å². The van der Waals surface area contributed by atoms with Crippen molar-refractivity contribution in [2.45, 2.75) is 68.6 Å². The fraction of sp³-hybridized carbons (Fsp3) is 0.647. The third-order valence-electron chi connectivity index (χ3n) is 4.20. The van der Waals surface area contributed by atoms with E-state index in [9.17, 15) is 4.21 Å². The van der Waals surface area contributed by atoms with Crippen LogP contribution in [-0.2, 0) is 10.8 Å². The van der Waals surface area contributed by atoms with Gasteiger partial charge in [0.2, 0.25) is 0 Å². The lowest BCUT2D eigenvalue weighted by atomic mass is 9.96. The van der Waals surface area contributed by atoms with E-state index in [-0.39, 0.29) is 5.25 Å². The summed E-state index contributed by atoms with van der Waals surface area (Å²) >= 11 is 0. The molecule has 1 aromatic carbocycles. The van der Waals surface area contributed by atoms with Gasteiger partial charge in [0.1, 0.15) is 0 Å². The molecule has 3 atom stereocenters. The summed E-state index contributed by atoms with van der Waals surface area (Å²) in [4.78, 5) is 0.990. The fourth-order valence-electron chi connectivity index (χ4n) is 3.05. The van der Waals surface area contributed by atoms with Gasteiger partial charge in [0, 0.05) is 10.9 Å². The number of aryl methyl sites for hydroxylation is 1. The summed E-state index contributed by atoms with van der Waals surface area (Å²) in [5, 5.41) is 3.83. The van der Waals surface area contributed by atoms with E-state index >= 15 is 0 Å². The molecule has 1 fully saturated rings. The Kier molecular flexibility index (Phi) is 6.24. The first-order valence-corrected chi connectivity index (χ1v) is 9.14. The molecule has 0 saturated heterocycles. The maximum atomic E-state index is 12.9. The molecule has 1 aromatic rings. The molecule has 1 N–H and O–H groups in total. The van der Waals surface area contributed by atoms with Crippen LogP contribution in [0.15, 0.2) is 29.2 Å². The summed E-state index contributed by atoms with van der Waals surface area (Å²) in [5.74, 6) is 0. The van der Waals surface area contributed by atoms with Crippen molar-refractivity contribution >= 4 is 10.8 Å². The Morgan fingerprint density at radius 2 is 1.75 bits per heavy atom. The van der Waals surface area contributed by atoms with E-state index in [4.69, 9.17) is 0 Å². The lowest BCUT2D eigenvalue weighted by Crippen LogP contribution is -2.42. The Morgan fingerprint density at radius 1 is 1.10 bits per heavy atom. The van der Waals surface area contributed by atoms with Gasteiger partial charge in [0.15, 0.2) is 0 Å². The molecule has 0 amide bonds. The van der Waals surface area contributed by atoms with Crippen LogP contribution < -0.4 is 5.32 Å². The van der Waals surface area contributed by atoms with Gasteiger partial charge in [0.05, 0.1) is 16.0 Å². The Hall–Kier alpha value is -0.670. The summed E-state index contributed by atoms with van der Waals surface area (Å²) < 4.78 is 12.9. The molecule has 0 heterocycles. The van der Waals surface area contributed by atoms with Crippen molar-refractivity contribution in [1.82, 2.24) is 5.32 Å². The number of rotatable bonds is 4. The van der Waals surface area contributed by atoms with Gasteiger partial charge in [0.25, 0.3) is 0 Å². The largest absolute Gasteiger partial charge is 0.313 e. The van der Waals surface area contributed by atoms with Gasteiger partial charge in [-0.15, -0.1) is 0 Å². The van der Waals surface area contributed by atoms with Gasteiger partial charge in [-0.1, -0.05) is 50.3 Å². The lowest BCUT2D eigenvalue weighted by molar-refractivity contribution is 0.400. The molecule has 112 valence electrons. The maximum Gasteiger partial charge on any atom is 0.0576 e. The van der Waals surface area contributed by atoms with Crippen molar-refractivity contribution in [3.05, 3.63) is 29.8 Å². The summed E-state index contributed by atoms with van der Waals surface area (Å²) in [7, 11) is -0.891. The quantitative estimate of drug-likeness (QED) is 0.915. The predicted octanol–water partition coefficient (Wildman–Crippen LogP) is 3.80. The molecular formula is C17H27NOS. The highest BCUT2D eigenvalue weighted by Gasteiger charge is 2.28. The molecule has 0 aromatic heterocycles. The van der Waals surface area contributed by atoms with Crippen molar-refractivity contribution < 1.29 is 4.21 Å². The molecule has 20 heavy (non-hydrogen) atoms. The van der Waals surface area contributed by atoms with Crippen LogP contribution >= 0.6 is 0 Å². The van der Waals surface area contributed by atoms with Gasteiger partial charge in [-0.3, -0.25) is 4.21 Å². The Balaban J connectivity index is 2.15. The van der Waals surface area contributed by atoms with Crippen LogP contribution in [0.5, 0.6) is 0 Å². The van der Waals surface area contributed by atoms with Crippen LogP contribution in [0.2, 0.25) is 0 Å². The zero-order valence-corrected chi connectivity index (χ0v) is 13.5. The van der Waals surface area contributed by atoms with E-state index < -0.39 is 10.8 Å². The van der Waals surface area contributed by atoms with Crippen LogP contribution in [0.3, 0.4) is 0 Å². The molecule has 0 aliphatic heterocycles. The van der Waals surface area contributed by atoms with Crippen molar-refractivity contribution in [2.24, 2.45) is 0 Å². The third-order valence-corrected chi connectivity index (χ3v) is 6.05. The van der Waals surface area contributed by atoms with Gasteiger partial charge in [-0.05, 0) is 38.4 Å². The van der Waals surface area contributed by atoms with E-state index in [0.29, 0.717) is 6.04 Å². The minimum atomic E-state index is -0.891. The zero-order chi connectivity index (χ0) is 14.4. The highest BCUT2D eigenvalue weighted by atomic mass is 32.2. The first-order valence-electron chi connectivity index (χ1n) is 7.93. The molecule has 2 nitrogen and oxygen atoms in total. The molecule has 1 saturated carbocycles. The Morgan fingerprint density at radius 3 is 2.40 bits per heavy atom. The second-order valence-electron chi connectivity index (χ2n) is 5.80. The fourth-order valence-corrected chi connectivity index (χ4v) is 4.71. The molecule has 3 heteroatoms. The second-order valence-corrected chi connectivity index (χ2v) is 7.48. The minimum absolute atomic E-state index is 0.262. The van der Waals surface area contributed by atoms with Crippen LogP contribution in [-0.4, -0.2) is 22.0 Å². The van der Waals surface area contributed by atoms with Crippen LogP contribution in [0, 0.1) is 6.92 Å². The van der Waals surface area contributed by atoms with Crippen LogP contribution in [0.4, 0.5) is 0 Å². The van der Waals surface area contributed by atoms with Crippen molar-refractivity contribution in [2.75, 3.05) is 6.54 Å². The highest BCUT2D eigenvalue weighted by molar-refractivity contribution is 7.85. The number of hydrogen-bond acceptors (Lipinski definition) is 2. The topological polar surface area (TPSA) is 29.1 Å². The molecule has 1 aliphatic rings. The predicted molar refractivity (Wildman–Crippen MR) is 86.5 cm³/mol. The Labute approximate surface area is 125 Å². The SMILES string of the molecule is CCNC1CCCCCCC1S(=O)c1ccc(C)cc1. The van der Waals surface area contributed by atoms with E-state index in [1.807, 2.05) is 12.1 Å². The monoisotopic (exact) mass is 293 g/mol. The first-order chi connectivity index (χ1) is 9.72. The van der Waals surface area contributed by atoms with Gasteiger partial charge in [-0.25, -0.2) is 0 Å². The average Bonchev–Trinajstić information content (AvgIpc) is 2.42. The number of hydrogen-bond donors (Lipinski definition) is 1. The van der Waals surface area contributed by atoms with Crippen molar-refractivity contribution in [1.29, 1.82) is 0 Å². The van der Waals surface area contributed by atoms with E-state index in [1.54, 1.807) is 0 Å². The summed E-state index contributed by atoms with van der Waals surface area (Å²) in [5.41, 5.74) is 1.23. The van der Waals surface area contributed by atoms with Gasteiger partial charge in [-0.2, -0.15) is 0 Å². The minimum Gasteiger partial charge on any atom is -0.313 e. The Bertz CT molecular complexity index is 429.